The summed E-state index contributed by atoms with van der Waals surface area (Å²) >= 11 is 1.78. The van der Waals surface area contributed by atoms with Gasteiger partial charge < -0.3 is 5.32 Å². The molecule has 1 heterocycles. The van der Waals surface area contributed by atoms with Crippen LogP contribution in [0.25, 0.3) is 0 Å². The van der Waals surface area contributed by atoms with Gasteiger partial charge in [0.25, 0.3) is 0 Å². The lowest BCUT2D eigenvalue weighted by Crippen LogP contribution is -2.27. The van der Waals surface area contributed by atoms with Crippen LogP contribution in [0.5, 0.6) is 0 Å². The second-order valence-corrected chi connectivity index (χ2v) is 5.38. The summed E-state index contributed by atoms with van der Waals surface area (Å²) in [5.74, 6) is 0. The van der Waals surface area contributed by atoms with Gasteiger partial charge in [-0.15, -0.1) is 0 Å². The van der Waals surface area contributed by atoms with E-state index in [1.165, 1.54) is 24.0 Å². The van der Waals surface area contributed by atoms with Gasteiger partial charge in [-0.1, -0.05) is 11.6 Å². The molecule has 0 bridgehead atoms. The van der Waals surface area contributed by atoms with E-state index in [0.717, 1.165) is 13.0 Å². The number of thiophene rings is 1. The summed E-state index contributed by atoms with van der Waals surface area (Å²) in [5.41, 5.74) is 2.87. The molecule has 0 aliphatic carbocycles. The van der Waals surface area contributed by atoms with Crippen molar-refractivity contribution in [2.24, 2.45) is 0 Å². The highest BCUT2D eigenvalue weighted by Gasteiger charge is 2.00. The Hall–Kier alpha value is -0.600. The zero-order valence-corrected chi connectivity index (χ0v) is 11.4. The Balaban J connectivity index is 2.06. The highest BCUT2D eigenvalue weighted by atomic mass is 32.1. The molecule has 1 rings (SSSR count). The van der Waals surface area contributed by atoms with Crippen molar-refractivity contribution in [3.63, 3.8) is 0 Å². The minimum absolute atomic E-state index is 0.620. The van der Waals surface area contributed by atoms with Crippen LogP contribution in [0.1, 0.15) is 39.2 Å². The fourth-order valence-electron chi connectivity index (χ4n) is 1.62. The molecule has 0 spiro atoms. The van der Waals surface area contributed by atoms with E-state index in [2.05, 4.69) is 49.0 Å². The van der Waals surface area contributed by atoms with Crippen LogP contribution in [-0.2, 0) is 6.42 Å². The molecule has 1 N–H and O–H groups in total. The Bertz CT molecular complexity index is 297. The fourth-order valence-corrected chi connectivity index (χ4v) is 2.33. The first-order chi connectivity index (χ1) is 7.68. The molecule has 2 heteroatoms. The molecule has 16 heavy (non-hydrogen) atoms. The van der Waals surface area contributed by atoms with Crippen molar-refractivity contribution in [1.29, 1.82) is 0 Å². The molecule has 0 aromatic carbocycles. The molecule has 0 aliphatic heterocycles. The van der Waals surface area contributed by atoms with Crippen LogP contribution < -0.4 is 5.32 Å². The highest BCUT2D eigenvalue weighted by Crippen LogP contribution is 2.06. The van der Waals surface area contributed by atoms with Gasteiger partial charge in [-0.05, 0) is 69.0 Å². The van der Waals surface area contributed by atoms with Gasteiger partial charge in [-0.25, -0.2) is 0 Å². The second kappa shape index (κ2) is 7.64. The summed E-state index contributed by atoms with van der Waals surface area (Å²) < 4.78 is 0. The largest absolute Gasteiger partial charge is 0.314 e. The number of nitrogens with one attached hydrogen (secondary N) is 1. The molecular weight excluding hydrogens is 214 g/mol. The van der Waals surface area contributed by atoms with Crippen LogP contribution in [0, 0.1) is 0 Å². The zero-order chi connectivity index (χ0) is 11.8. The third-order valence-corrected chi connectivity index (χ3v) is 3.37. The van der Waals surface area contributed by atoms with Crippen LogP contribution in [0.15, 0.2) is 28.5 Å². The summed E-state index contributed by atoms with van der Waals surface area (Å²) in [6.45, 7) is 7.68. The lowest BCUT2D eigenvalue weighted by atomic mass is 10.1. The second-order valence-electron chi connectivity index (χ2n) is 4.60. The minimum atomic E-state index is 0.620. The smallest absolute Gasteiger partial charge is 0.00418 e. The summed E-state index contributed by atoms with van der Waals surface area (Å²) in [4.78, 5) is 0. The predicted molar refractivity (Wildman–Crippen MR) is 74.2 cm³/mol. The van der Waals surface area contributed by atoms with E-state index in [1.807, 2.05) is 0 Å². The minimum Gasteiger partial charge on any atom is -0.314 e. The van der Waals surface area contributed by atoms with Crippen molar-refractivity contribution >= 4 is 11.3 Å². The maximum absolute atomic E-state index is 3.57. The molecule has 0 saturated carbocycles. The molecule has 0 fully saturated rings. The maximum atomic E-state index is 3.57. The van der Waals surface area contributed by atoms with Crippen molar-refractivity contribution < 1.29 is 0 Å². The van der Waals surface area contributed by atoms with Crippen LogP contribution in [0.3, 0.4) is 0 Å². The molecule has 0 radical (unpaired) electrons. The summed E-state index contributed by atoms with van der Waals surface area (Å²) in [5, 5.41) is 7.95. The quantitative estimate of drug-likeness (QED) is 0.706. The Morgan fingerprint density at radius 1 is 1.50 bits per heavy atom. The first-order valence-electron chi connectivity index (χ1n) is 6.06. The topological polar surface area (TPSA) is 12.0 Å². The van der Waals surface area contributed by atoms with E-state index < -0.39 is 0 Å². The van der Waals surface area contributed by atoms with Crippen molar-refractivity contribution in [3.8, 4) is 0 Å². The van der Waals surface area contributed by atoms with Gasteiger partial charge >= 0.3 is 0 Å². The number of hydrogen-bond donors (Lipinski definition) is 1. The van der Waals surface area contributed by atoms with Gasteiger partial charge in [0.15, 0.2) is 0 Å². The Labute approximate surface area is 104 Å². The molecule has 90 valence electrons. The Kier molecular flexibility index (Phi) is 6.43. The average molecular weight is 237 g/mol. The molecule has 1 unspecified atom stereocenters. The van der Waals surface area contributed by atoms with Crippen molar-refractivity contribution in [2.45, 2.75) is 46.1 Å². The molecule has 1 nitrogen and oxygen atoms in total. The standard InChI is InChI=1S/C14H23NS/c1-12(2)5-4-6-13(3)15-9-7-14-8-10-16-11-14/h5,8,10-11,13,15H,4,6-7,9H2,1-3H3. The average Bonchev–Trinajstić information content (AvgIpc) is 2.70. The van der Waals surface area contributed by atoms with Crippen molar-refractivity contribution in [3.05, 3.63) is 34.0 Å². The van der Waals surface area contributed by atoms with E-state index in [9.17, 15) is 0 Å². The van der Waals surface area contributed by atoms with Crippen LogP contribution in [0.4, 0.5) is 0 Å². The summed E-state index contributed by atoms with van der Waals surface area (Å²) in [7, 11) is 0. The monoisotopic (exact) mass is 237 g/mol. The van der Waals surface area contributed by atoms with Gasteiger partial charge in [0.1, 0.15) is 0 Å². The third-order valence-electron chi connectivity index (χ3n) is 2.64. The van der Waals surface area contributed by atoms with Crippen molar-refractivity contribution in [1.82, 2.24) is 5.32 Å². The molecule has 0 saturated heterocycles. The zero-order valence-electron chi connectivity index (χ0n) is 10.6. The lowest BCUT2D eigenvalue weighted by Gasteiger charge is -2.12. The van der Waals surface area contributed by atoms with Gasteiger partial charge in [-0.2, -0.15) is 11.3 Å². The molecule has 1 aromatic rings. The summed E-state index contributed by atoms with van der Waals surface area (Å²) in [6.07, 6.45) is 5.89. The van der Waals surface area contributed by atoms with E-state index in [1.54, 1.807) is 11.3 Å². The maximum Gasteiger partial charge on any atom is 0.00418 e. The highest BCUT2D eigenvalue weighted by molar-refractivity contribution is 7.07. The van der Waals surface area contributed by atoms with Crippen LogP contribution >= 0.6 is 11.3 Å². The van der Waals surface area contributed by atoms with Crippen LogP contribution in [0.2, 0.25) is 0 Å². The molecule has 1 atom stereocenters. The van der Waals surface area contributed by atoms with E-state index >= 15 is 0 Å². The number of allylic oxidation sites excluding steroid dienone is 2. The SMILES string of the molecule is CC(C)=CCCC(C)NCCc1ccsc1. The van der Waals surface area contributed by atoms with Gasteiger partial charge in [0, 0.05) is 6.04 Å². The Morgan fingerprint density at radius 3 is 2.94 bits per heavy atom. The number of rotatable bonds is 7. The van der Waals surface area contributed by atoms with Crippen molar-refractivity contribution in [2.75, 3.05) is 6.54 Å². The third kappa shape index (κ3) is 6.09. The fraction of sp³-hybridized carbons (Fsp3) is 0.571. The number of hydrogen-bond acceptors (Lipinski definition) is 2. The molecular formula is C14H23NS. The first kappa shape index (κ1) is 13.5. The van der Waals surface area contributed by atoms with E-state index in [-0.39, 0.29) is 0 Å². The molecule has 0 amide bonds. The lowest BCUT2D eigenvalue weighted by molar-refractivity contribution is 0.521. The molecule has 0 aliphatic rings. The first-order valence-corrected chi connectivity index (χ1v) is 7.00. The molecule has 1 aromatic heterocycles. The van der Waals surface area contributed by atoms with E-state index in [4.69, 9.17) is 0 Å². The van der Waals surface area contributed by atoms with Gasteiger partial charge in [-0.3, -0.25) is 0 Å². The summed E-state index contributed by atoms with van der Waals surface area (Å²) in [6, 6.07) is 2.83. The van der Waals surface area contributed by atoms with Crippen LogP contribution in [-0.4, -0.2) is 12.6 Å². The van der Waals surface area contributed by atoms with Gasteiger partial charge in [0.2, 0.25) is 0 Å². The van der Waals surface area contributed by atoms with Gasteiger partial charge in [0.05, 0.1) is 0 Å². The Morgan fingerprint density at radius 2 is 2.31 bits per heavy atom. The predicted octanol–water partition coefficient (Wildman–Crippen LogP) is 4.02. The normalized spacial score (nSPS) is 12.4. The van der Waals surface area contributed by atoms with E-state index in [0.29, 0.717) is 6.04 Å².